The van der Waals surface area contributed by atoms with Crippen LogP contribution in [0.25, 0.3) is 16.7 Å². The molecule has 2 atom stereocenters. The first kappa shape index (κ1) is 19.0. The van der Waals surface area contributed by atoms with Crippen molar-refractivity contribution in [3.8, 4) is 0 Å². The first-order valence-corrected chi connectivity index (χ1v) is 10.7. The highest BCUT2D eigenvalue weighted by atomic mass is 16.5. The molecule has 2 aliphatic rings. The number of fused-ring (bicyclic) bond motifs is 6. The first-order chi connectivity index (χ1) is 15.6. The summed E-state index contributed by atoms with van der Waals surface area (Å²) in [6, 6.07) is 5.85. The van der Waals surface area contributed by atoms with E-state index in [-0.39, 0.29) is 18.1 Å². The highest BCUT2D eigenvalue weighted by Gasteiger charge is 2.31. The second-order valence-electron chi connectivity index (χ2n) is 8.28. The number of ether oxygens (including phenoxy) is 1. The van der Waals surface area contributed by atoms with E-state index in [2.05, 4.69) is 31.4 Å². The maximum atomic E-state index is 13.1. The van der Waals surface area contributed by atoms with Gasteiger partial charge in [0.15, 0.2) is 5.65 Å². The summed E-state index contributed by atoms with van der Waals surface area (Å²) < 4.78 is 9.64. The Morgan fingerprint density at radius 3 is 3.03 bits per heavy atom. The van der Waals surface area contributed by atoms with Gasteiger partial charge in [-0.05, 0) is 37.0 Å². The van der Waals surface area contributed by atoms with Crippen LogP contribution in [0, 0.1) is 0 Å². The summed E-state index contributed by atoms with van der Waals surface area (Å²) in [4.78, 5) is 17.8. The molecule has 3 N–H and O–H groups in total. The monoisotopic (exact) mass is 433 g/mol. The fraction of sp³-hybridized carbons (Fsp3) is 0.381. The average Bonchev–Trinajstić information content (AvgIpc) is 3.50. The molecule has 11 heteroatoms. The van der Waals surface area contributed by atoms with Crippen LogP contribution < -0.4 is 16.0 Å². The van der Waals surface area contributed by atoms with E-state index in [1.54, 1.807) is 22.4 Å². The van der Waals surface area contributed by atoms with Crippen molar-refractivity contribution in [1.82, 2.24) is 34.9 Å². The molecule has 0 radical (unpaired) electrons. The molecular formula is C21H23N9O2. The van der Waals surface area contributed by atoms with Gasteiger partial charge in [-0.15, -0.1) is 5.10 Å². The molecular weight excluding hydrogens is 410 g/mol. The zero-order valence-electron chi connectivity index (χ0n) is 17.8. The van der Waals surface area contributed by atoms with Crippen molar-refractivity contribution in [3.63, 3.8) is 0 Å². The minimum Gasteiger partial charge on any atom is -0.373 e. The van der Waals surface area contributed by atoms with E-state index in [0.717, 1.165) is 41.5 Å². The Morgan fingerprint density at radius 2 is 2.16 bits per heavy atom. The zero-order chi connectivity index (χ0) is 21.8. The SMILES string of the molecule is CNc1cc2nc3c(cnn13)C(=O)N[C@@H]1CCC[C@H]1OCc1cc(c3nnn(C)c3c1)N2. The normalized spacial score (nSPS) is 20.8. The maximum Gasteiger partial charge on any atom is 0.257 e. The molecule has 1 aliphatic heterocycles. The van der Waals surface area contributed by atoms with Crippen LogP contribution in [0.1, 0.15) is 35.2 Å². The summed E-state index contributed by atoms with van der Waals surface area (Å²) in [5.74, 6) is 1.08. The van der Waals surface area contributed by atoms with Crippen LogP contribution in [0.5, 0.6) is 0 Å². The third-order valence-corrected chi connectivity index (χ3v) is 6.25. The number of hydrogen-bond acceptors (Lipinski definition) is 8. The topological polar surface area (TPSA) is 123 Å². The molecule has 4 bridgehead atoms. The second kappa shape index (κ2) is 7.16. The Morgan fingerprint density at radius 1 is 1.25 bits per heavy atom. The summed E-state index contributed by atoms with van der Waals surface area (Å²) >= 11 is 0. The van der Waals surface area contributed by atoms with Crippen LogP contribution in [-0.2, 0) is 18.4 Å². The molecule has 1 aliphatic carbocycles. The van der Waals surface area contributed by atoms with E-state index in [1.807, 2.05) is 25.2 Å². The Hall–Kier alpha value is -3.73. The van der Waals surface area contributed by atoms with Crippen molar-refractivity contribution in [1.29, 1.82) is 0 Å². The fourth-order valence-corrected chi connectivity index (χ4v) is 4.61. The Balaban J connectivity index is 1.56. The molecule has 0 unspecified atom stereocenters. The van der Waals surface area contributed by atoms with E-state index in [4.69, 9.17) is 9.72 Å². The lowest BCUT2D eigenvalue weighted by Crippen LogP contribution is -2.41. The van der Waals surface area contributed by atoms with Crippen molar-refractivity contribution < 1.29 is 9.53 Å². The minimum atomic E-state index is -0.195. The van der Waals surface area contributed by atoms with Crippen molar-refractivity contribution in [3.05, 3.63) is 35.5 Å². The van der Waals surface area contributed by atoms with Crippen LogP contribution >= 0.6 is 0 Å². The summed E-state index contributed by atoms with van der Waals surface area (Å²) in [5, 5.41) is 22.5. The van der Waals surface area contributed by atoms with Gasteiger partial charge in [0.1, 0.15) is 22.7 Å². The van der Waals surface area contributed by atoms with Crippen molar-refractivity contribution in [2.45, 2.75) is 38.0 Å². The minimum absolute atomic E-state index is 0.0445. The molecule has 1 fully saturated rings. The smallest absolute Gasteiger partial charge is 0.257 e. The van der Waals surface area contributed by atoms with E-state index < -0.39 is 0 Å². The fourth-order valence-electron chi connectivity index (χ4n) is 4.61. The van der Waals surface area contributed by atoms with Gasteiger partial charge in [-0.2, -0.15) is 9.61 Å². The van der Waals surface area contributed by atoms with Gasteiger partial charge in [0.2, 0.25) is 0 Å². The van der Waals surface area contributed by atoms with Crippen molar-refractivity contribution in [2.75, 3.05) is 17.7 Å². The van der Waals surface area contributed by atoms with Gasteiger partial charge < -0.3 is 20.7 Å². The lowest BCUT2D eigenvalue weighted by molar-refractivity contribution is 0.0273. The molecule has 1 amide bonds. The molecule has 1 saturated carbocycles. The van der Waals surface area contributed by atoms with Crippen LogP contribution in [-0.4, -0.2) is 54.7 Å². The predicted molar refractivity (Wildman–Crippen MR) is 118 cm³/mol. The number of aromatic nitrogens is 6. The summed E-state index contributed by atoms with van der Waals surface area (Å²) in [5.41, 5.74) is 4.30. The van der Waals surface area contributed by atoms with Gasteiger partial charge in [0, 0.05) is 20.2 Å². The maximum absolute atomic E-state index is 13.1. The van der Waals surface area contributed by atoms with Gasteiger partial charge in [-0.3, -0.25) is 4.79 Å². The number of nitrogens with one attached hydrogen (secondary N) is 3. The van der Waals surface area contributed by atoms with Crippen molar-refractivity contribution >= 4 is 39.9 Å². The van der Waals surface area contributed by atoms with Crippen LogP contribution in [0.15, 0.2) is 24.4 Å². The van der Waals surface area contributed by atoms with Gasteiger partial charge >= 0.3 is 0 Å². The number of hydrogen-bond donors (Lipinski definition) is 3. The van der Waals surface area contributed by atoms with Gasteiger partial charge in [0.25, 0.3) is 5.91 Å². The molecule has 4 aromatic rings. The molecule has 3 aromatic heterocycles. The zero-order valence-corrected chi connectivity index (χ0v) is 17.8. The van der Waals surface area contributed by atoms with E-state index in [1.165, 1.54) is 0 Å². The lowest BCUT2D eigenvalue weighted by atomic mass is 10.1. The number of nitrogens with zero attached hydrogens (tertiary/aromatic N) is 6. The molecule has 4 heterocycles. The second-order valence-corrected chi connectivity index (χ2v) is 8.28. The predicted octanol–water partition coefficient (Wildman–Crippen LogP) is 1.98. The molecule has 0 saturated heterocycles. The van der Waals surface area contributed by atoms with Gasteiger partial charge in [0.05, 0.1) is 36.2 Å². The van der Waals surface area contributed by atoms with Crippen LogP contribution in [0.3, 0.4) is 0 Å². The van der Waals surface area contributed by atoms with Gasteiger partial charge in [-0.25, -0.2) is 9.67 Å². The van der Waals surface area contributed by atoms with E-state index in [0.29, 0.717) is 29.5 Å². The number of anilines is 3. The first-order valence-electron chi connectivity index (χ1n) is 10.7. The third-order valence-electron chi connectivity index (χ3n) is 6.25. The average molecular weight is 433 g/mol. The van der Waals surface area contributed by atoms with E-state index >= 15 is 0 Å². The number of aryl methyl sites for hydroxylation is 1. The Kier molecular flexibility index (Phi) is 4.25. The van der Waals surface area contributed by atoms with Gasteiger partial charge in [-0.1, -0.05) is 5.21 Å². The molecule has 164 valence electrons. The number of carbonyl (C=O) groups excluding carboxylic acids is 1. The molecule has 0 spiro atoms. The lowest BCUT2D eigenvalue weighted by Gasteiger charge is -2.22. The highest BCUT2D eigenvalue weighted by Crippen LogP contribution is 2.30. The van der Waals surface area contributed by atoms with Crippen LogP contribution in [0.4, 0.5) is 17.3 Å². The third kappa shape index (κ3) is 2.96. The van der Waals surface area contributed by atoms with Crippen molar-refractivity contribution in [2.24, 2.45) is 7.05 Å². The summed E-state index contributed by atoms with van der Waals surface area (Å²) in [6.45, 7) is 0.431. The number of carbonyl (C=O) groups is 1. The standard InChI is InChI=1S/C21H23N9O2/c1-22-18-8-17-24-14-6-11(7-15-19(14)27-28-29(15)2)10-32-16-5-3-4-13(16)25-21(31)12-9-23-30(18)20(12)26-17/h6-9,13,16,22H,3-5,10H2,1-2H3,(H,24,26)(H,25,31)/t13-,16-/m1/s1. The molecule has 6 rings (SSSR count). The summed E-state index contributed by atoms with van der Waals surface area (Å²) in [6.07, 6.45) is 4.31. The number of amides is 1. The molecule has 1 aromatic carbocycles. The van der Waals surface area contributed by atoms with Crippen LogP contribution in [0.2, 0.25) is 0 Å². The van der Waals surface area contributed by atoms with E-state index in [9.17, 15) is 4.79 Å². The highest BCUT2D eigenvalue weighted by molar-refractivity contribution is 6.00. The molecule has 11 nitrogen and oxygen atoms in total. The Labute approximate surface area is 183 Å². The number of rotatable bonds is 1. The largest absolute Gasteiger partial charge is 0.373 e. The quantitative estimate of drug-likeness (QED) is 0.416. The number of benzene rings is 1. The summed E-state index contributed by atoms with van der Waals surface area (Å²) in [7, 11) is 3.67. The molecule has 32 heavy (non-hydrogen) atoms. The Bertz CT molecular complexity index is 1360.